The van der Waals surface area contributed by atoms with Crippen LogP contribution in [-0.4, -0.2) is 24.4 Å². The maximum atomic E-state index is 11.7. The van der Waals surface area contributed by atoms with E-state index in [-0.39, 0.29) is 17.8 Å². The maximum absolute atomic E-state index is 11.7. The number of guanidine groups is 2. The Kier molecular flexibility index (Phi) is 5.34. The lowest BCUT2D eigenvalue weighted by molar-refractivity contribution is 0.0953. The summed E-state index contributed by atoms with van der Waals surface area (Å²) in [4.78, 5) is 19.2. The quantitative estimate of drug-likeness (QED) is 0.450. The number of carbonyl (C=O) groups is 1. The van der Waals surface area contributed by atoms with Crippen LogP contribution in [0.1, 0.15) is 23.7 Å². The minimum atomic E-state index is -0.156. The molecule has 0 radical (unpaired) electrons. The Balaban J connectivity index is 2.77. The van der Waals surface area contributed by atoms with E-state index in [2.05, 4.69) is 15.3 Å². The summed E-state index contributed by atoms with van der Waals surface area (Å²) in [5.74, 6) is -0.311. The molecule has 0 aliphatic carbocycles. The average molecular weight is 262 g/mol. The molecule has 0 unspecified atom stereocenters. The molecule has 0 aliphatic rings. The first-order valence-electron chi connectivity index (χ1n) is 5.85. The van der Waals surface area contributed by atoms with Crippen LogP contribution in [0, 0.1) is 0 Å². The van der Waals surface area contributed by atoms with E-state index in [0.29, 0.717) is 17.8 Å². The van der Waals surface area contributed by atoms with Gasteiger partial charge >= 0.3 is 0 Å². The highest BCUT2D eigenvalue weighted by molar-refractivity contribution is 5.95. The molecule has 7 nitrogen and oxygen atoms in total. The third kappa shape index (κ3) is 5.07. The number of nitrogens with zero attached hydrogens (tertiary/aromatic N) is 2. The standard InChI is InChI=1S/C12H18N6O/c1-2-7-16-10(19)8-3-5-9(6-4-8)17-12(15)18-11(13)14/h3-6H,2,7H2,1H3,(H,16,19)(H6,13,14,15,17,18). The largest absolute Gasteiger partial charge is 0.370 e. The second-order valence-corrected chi connectivity index (χ2v) is 3.81. The smallest absolute Gasteiger partial charge is 0.251 e. The fourth-order valence-electron chi connectivity index (χ4n) is 1.32. The molecule has 1 aromatic rings. The predicted molar refractivity (Wildman–Crippen MR) is 76.2 cm³/mol. The van der Waals surface area contributed by atoms with Gasteiger partial charge < -0.3 is 22.5 Å². The van der Waals surface area contributed by atoms with Crippen molar-refractivity contribution in [2.24, 2.45) is 27.2 Å². The number of carbonyl (C=O) groups excluding carboxylic acids is 1. The van der Waals surface area contributed by atoms with Gasteiger partial charge in [-0.25, -0.2) is 4.99 Å². The highest BCUT2D eigenvalue weighted by Gasteiger charge is 2.03. The number of benzene rings is 1. The van der Waals surface area contributed by atoms with Gasteiger partial charge in [-0.15, -0.1) is 0 Å². The molecule has 0 bridgehead atoms. The number of rotatable bonds is 4. The number of hydrogen-bond donors (Lipinski definition) is 4. The van der Waals surface area contributed by atoms with Crippen LogP contribution in [0.2, 0.25) is 0 Å². The highest BCUT2D eigenvalue weighted by Crippen LogP contribution is 2.13. The molecular weight excluding hydrogens is 244 g/mol. The molecule has 102 valence electrons. The van der Waals surface area contributed by atoms with Crippen molar-refractivity contribution < 1.29 is 4.79 Å². The first-order chi connectivity index (χ1) is 9.02. The molecule has 0 aromatic heterocycles. The zero-order chi connectivity index (χ0) is 14.3. The number of aliphatic imine (C=N–C) groups is 2. The molecule has 0 spiro atoms. The first-order valence-corrected chi connectivity index (χ1v) is 5.85. The van der Waals surface area contributed by atoms with Gasteiger partial charge in [-0.1, -0.05) is 6.92 Å². The predicted octanol–water partition coefficient (Wildman–Crippen LogP) is 0.0460. The fourth-order valence-corrected chi connectivity index (χ4v) is 1.32. The second kappa shape index (κ2) is 7.00. The molecule has 19 heavy (non-hydrogen) atoms. The Morgan fingerprint density at radius 3 is 2.37 bits per heavy atom. The van der Waals surface area contributed by atoms with E-state index in [4.69, 9.17) is 17.2 Å². The van der Waals surface area contributed by atoms with Gasteiger partial charge in [0.15, 0.2) is 5.96 Å². The second-order valence-electron chi connectivity index (χ2n) is 3.81. The van der Waals surface area contributed by atoms with Gasteiger partial charge in [-0.05, 0) is 30.7 Å². The van der Waals surface area contributed by atoms with Crippen LogP contribution in [0.15, 0.2) is 34.3 Å². The van der Waals surface area contributed by atoms with Gasteiger partial charge in [0.25, 0.3) is 5.91 Å². The van der Waals surface area contributed by atoms with Gasteiger partial charge in [0, 0.05) is 12.1 Å². The average Bonchev–Trinajstić information content (AvgIpc) is 2.35. The lowest BCUT2D eigenvalue weighted by Gasteiger charge is -2.03. The van der Waals surface area contributed by atoms with Crippen molar-refractivity contribution >= 4 is 23.5 Å². The van der Waals surface area contributed by atoms with Crippen LogP contribution in [-0.2, 0) is 0 Å². The zero-order valence-corrected chi connectivity index (χ0v) is 10.8. The number of nitrogens with two attached hydrogens (primary N) is 3. The molecule has 0 fully saturated rings. The Morgan fingerprint density at radius 2 is 1.84 bits per heavy atom. The van der Waals surface area contributed by atoms with E-state index >= 15 is 0 Å². The van der Waals surface area contributed by atoms with Crippen molar-refractivity contribution in [2.75, 3.05) is 6.54 Å². The SMILES string of the molecule is CCCNC(=O)c1ccc(N=C(N)N=C(N)N)cc1. The molecule has 7 heteroatoms. The molecule has 0 saturated carbocycles. The third-order valence-electron chi connectivity index (χ3n) is 2.15. The molecule has 7 N–H and O–H groups in total. The monoisotopic (exact) mass is 262 g/mol. The van der Waals surface area contributed by atoms with Crippen LogP contribution in [0.5, 0.6) is 0 Å². The summed E-state index contributed by atoms with van der Waals surface area (Å²) in [5, 5.41) is 2.78. The summed E-state index contributed by atoms with van der Waals surface area (Å²) in [6.07, 6.45) is 0.892. The van der Waals surface area contributed by atoms with Crippen molar-refractivity contribution in [3.8, 4) is 0 Å². The molecule has 1 aromatic carbocycles. The Hall–Kier alpha value is -2.57. The topological polar surface area (TPSA) is 132 Å². The maximum Gasteiger partial charge on any atom is 0.251 e. The van der Waals surface area contributed by atoms with Gasteiger partial charge in [0.1, 0.15) is 0 Å². The minimum Gasteiger partial charge on any atom is -0.370 e. The molecule has 0 atom stereocenters. The molecule has 0 aliphatic heterocycles. The molecule has 1 rings (SSSR count). The van der Waals surface area contributed by atoms with Gasteiger partial charge in [0.05, 0.1) is 5.69 Å². The van der Waals surface area contributed by atoms with Crippen molar-refractivity contribution in [3.05, 3.63) is 29.8 Å². The van der Waals surface area contributed by atoms with E-state index in [1.54, 1.807) is 24.3 Å². The summed E-state index contributed by atoms with van der Waals surface area (Å²) >= 11 is 0. The van der Waals surface area contributed by atoms with Crippen molar-refractivity contribution in [3.63, 3.8) is 0 Å². The summed E-state index contributed by atoms with van der Waals surface area (Å²) in [7, 11) is 0. The zero-order valence-electron chi connectivity index (χ0n) is 10.8. The number of amides is 1. The lowest BCUT2D eigenvalue weighted by atomic mass is 10.2. The van der Waals surface area contributed by atoms with E-state index in [0.717, 1.165) is 6.42 Å². The molecular formula is C12H18N6O. The summed E-state index contributed by atoms with van der Waals surface area (Å²) < 4.78 is 0. The summed E-state index contributed by atoms with van der Waals surface area (Å²) in [5.41, 5.74) is 17.0. The molecule has 0 saturated heterocycles. The fraction of sp³-hybridized carbons (Fsp3) is 0.250. The highest BCUT2D eigenvalue weighted by atomic mass is 16.1. The van der Waals surface area contributed by atoms with E-state index in [1.165, 1.54) is 0 Å². The Labute approximate surface area is 111 Å². The summed E-state index contributed by atoms with van der Waals surface area (Å²) in [6, 6.07) is 6.64. The van der Waals surface area contributed by atoms with Crippen LogP contribution in [0.3, 0.4) is 0 Å². The normalized spacial score (nSPS) is 10.9. The van der Waals surface area contributed by atoms with Crippen molar-refractivity contribution in [1.82, 2.24) is 5.32 Å². The van der Waals surface area contributed by atoms with Crippen LogP contribution in [0.4, 0.5) is 5.69 Å². The number of nitrogens with one attached hydrogen (secondary N) is 1. The Bertz CT molecular complexity index is 487. The van der Waals surface area contributed by atoms with Crippen LogP contribution in [0.25, 0.3) is 0 Å². The first kappa shape index (κ1) is 14.5. The van der Waals surface area contributed by atoms with Crippen LogP contribution < -0.4 is 22.5 Å². The van der Waals surface area contributed by atoms with Crippen molar-refractivity contribution in [2.45, 2.75) is 13.3 Å². The minimum absolute atomic E-state index is 0.0387. The van der Waals surface area contributed by atoms with E-state index < -0.39 is 0 Å². The third-order valence-corrected chi connectivity index (χ3v) is 2.15. The summed E-state index contributed by atoms with van der Waals surface area (Å²) in [6.45, 7) is 2.64. The van der Waals surface area contributed by atoms with Crippen LogP contribution >= 0.6 is 0 Å². The number of hydrogen-bond acceptors (Lipinski definition) is 2. The van der Waals surface area contributed by atoms with E-state index in [1.807, 2.05) is 6.92 Å². The van der Waals surface area contributed by atoms with Gasteiger partial charge in [-0.2, -0.15) is 4.99 Å². The Morgan fingerprint density at radius 1 is 1.21 bits per heavy atom. The van der Waals surface area contributed by atoms with E-state index in [9.17, 15) is 4.79 Å². The van der Waals surface area contributed by atoms with Crippen molar-refractivity contribution in [1.29, 1.82) is 0 Å². The molecule has 0 heterocycles. The molecule has 1 amide bonds. The van der Waals surface area contributed by atoms with Gasteiger partial charge in [0.2, 0.25) is 5.96 Å². The lowest BCUT2D eigenvalue weighted by Crippen LogP contribution is -2.26. The van der Waals surface area contributed by atoms with Gasteiger partial charge in [-0.3, -0.25) is 4.79 Å².